The van der Waals surface area contributed by atoms with E-state index in [9.17, 15) is 0 Å². The van der Waals surface area contributed by atoms with Crippen molar-refractivity contribution in [1.29, 1.82) is 0 Å². The first-order chi connectivity index (χ1) is 10.0. The van der Waals surface area contributed by atoms with Crippen LogP contribution in [-0.4, -0.2) is 20.8 Å². The van der Waals surface area contributed by atoms with E-state index in [0.29, 0.717) is 29.0 Å². The Hall–Kier alpha value is -2.21. The highest BCUT2D eigenvalue weighted by molar-refractivity contribution is 6.34. The molecular formula is C14H17ClN4O2. The summed E-state index contributed by atoms with van der Waals surface area (Å²) in [5, 5.41) is 16.3. The topological polar surface area (TPSA) is 85.7 Å². The molecular weight excluding hydrogens is 292 g/mol. The van der Waals surface area contributed by atoms with Gasteiger partial charge in [-0.1, -0.05) is 16.8 Å². The molecule has 0 fully saturated rings. The van der Waals surface area contributed by atoms with Crippen LogP contribution in [0.25, 0.3) is 0 Å². The average molecular weight is 309 g/mol. The maximum Gasteiger partial charge on any atom is 0.171 e. The first kappa shape index (κ1) is 15.2. The summed E-state index contributed by atoms with van der Waals surface area (Å²) < 4.78 is 7.50. The predicted octanol–water partition coefficient (Wildman–Crippen LogP) is 2.79. The Morgan fingerprint density at radius 1 is 1.48 bits per heavy atom. The summed E-state index contributed by atoms with van der Waals surface area (Å²) in [5.41, 5.74) is 6.79. The zero-order chi connectivity index (χ0) is 15.4. The molecule has 7 heteroatoms. The molecule has 0 saturated heterocycles. The molecule has 0 radical (unpaired) electrons. The molecule has 21 heavy (non-hydrogen) atoms. The summed E-state index contributed by atoms with van der Waals surface area (Å²) >= 11 is 6.06. The van der Waals surface area contributed by atoms with Crippen molar-refractivity contribution in [3.8, 4) is 5.75 Å². The molecule has 1 aromatic carbocycles. The Kier molecular flexibility index (Phi) is 4.70. The maximum absolute atomic E-state index is 8.64. The van der Waals surface area contributed by atoms with Crippen LogP contribution in [0.3, 0.4) is 0 Å². The lowest BCUT2D eigenvalue weighted by atomic mass is 10.2. The molecule has 112 valence electrons. The predicted molar refractivity (Wildman–Crippen MR) is 80.9 cm³/mol. The molecule has 0 unspecified atom stereocenters. The van der Waals surface area contributed by atoms with E-state index in [2.05, 4.69) is 24.1 Å². The molecule has 0 spiro atoms. The fourth-order valence-corrected chi connectivity index (χ4v) is 2.01. The number of oxime groups is 1. The number of halogens is 1. The molecule has 0 saturated carbocycles. The fourth-order valence-electron chi connectivity index (χ4n) is 1.75. The van der Waals surface area contributed by atoms with Gasteiger partial charge in [0.1, 0.15) is 12.4 Å². The summed E-state index contributed by atoms with van der Waals surface area (Å²) in [6, 6.07) is 7.19. The number of rotatable bonds is 5. The van der Waals surface area contributed by atoms with Crippen molar-refractivity contribution in [3.63, 3.8) is 0 Å². The number of benzene rings is 1. The second-order valence-electron chi connectivity index (χ2n) is 4.80. The molecule has 1 aromatic heterocycles. The molecule has 0 aliphatic rings. The van der Waals surface area contributed by atoms with Gasteiger partial charge in [0, 0.05) is 17.8 Å². The number of hydrogen-bond donors (Lipinski definition) is 2. The molecule has 6 nitrogen and oxygen atoms in total. The molecule has 0 aliphatic carbocycles. The van der Waals surface area contributed by atoms with Crippen LogP contribution in [0.2, 0.25) is 5.02 Å². The minimum Gasteiger partial charge on any atom is -0.487 e. The van der Waals surface area contributed by atoms with Crippen LogP contribution < -0.4 is 10.5 Å². The number of nitrogens with zero attached hydrogens (tertiary/aromatic N) is 3. The summed E-state index contributed by atoms with van der Waals surface area (Å²) in [5.74, 6) is 0.552. The Labute approximate surface area is 127 Å². The molecule has 0 atom stereocenters. The van der Waals surface area contributed by atoms with Gasteiger partial charge in [0.2, 0.25) is 0 Å². The van der Waals surface area contributed by atoms with Gasteiger partial charge in [0.25, 0.3) is 0 Å². The third-order valence-electron chi connectivity index (χ3n) is 2.90. The first-order valence-electron chi connectivity index (χ1n) is 6.45. The Balaban J connectivity index is 2.05. The monoisotopic (exact) mass is 308 g/mol. The fraction of sp³-hybridized carbons (Fsp3) is 0.286. The molecule has 2 rings (SSSR count). The normalized spacial score (nSPS) is 11.9. The number of amidine groups is 1. The molecule has 0 aliphatic heterocycles. The third kappa shape index (κ3) is 3.66. The van der Waals surface area contributed by atoms with Crippen molar-refractivity contribution in [1.82, 2.24) is 9.78 Å². The van der Waals surface area contributed by atoms with Crippen LogP contribution in [0.5, 0.6) is 5.75 Å². The van der Waals surface area contributed by atoms with Crippen molar-refractivity contribution in [2.45, 2.75) is 26.5 Å². The molecule has 3 N–H and O–H groups in total. The van der Waals surface area contributed by atoms with Crippen LogP contribution in [0.1, 0.15) is 31.1 Å². The van der Waals surface area contributed by atoms with Gasteiger partial charge in [-0.2, -0.15) is 5.10 Å². The van der Waals surface area contributed by atoms with Crippen molar-refractivity contribution >= 4 is 17.4 Å². The summed E-state index contributed by atoms with van der Waals surface area (Å²) in [6.07, 6.45) is 1.91. The standard InChI is InChI=1S/C14H17ClN4O2/c1-9(2)19-6-5-10(17-19)8-21-11-3-4-12(13(15)7-11)14(16)18-20/h3-7,9,20H,8H2,1-2H3,(H2,16,18). The lowest BCUT2D eigenvalue weighted by molar-refractivity contribution is 0.298. The van der Waals surface area contributed by atoms with Gasteiger partial charge >= 0.3 is 0 Å². The molecule has 2 aromatic rings. The van der Waals surface area contributed by atoms with Crippen LogP contribution in [0.15, 0.2) is 35.6 Å². The Bertz CT molecular complexity index is 652. The van der Waals surface area contributed by atoms with E-state index in [1.807, 2.05) is 16.9 Å². The Morgan fingerprint density at radius 2 is 2.24 bits per heavy atom. The molecule has 0 bridgehead atoms. The summed E-state index contributed by atoms with van der Waals surface area (Å²) in [7, 11) is 0. The van der Waals surface area contributed by atoms with Crippen molar-refractivity contribution in [2.75, 3.05) is 0 Å². The quantitative estimate of drug-likeness (QED) is 0.385. The minimum absolute atomic E-state index is 0.0396. The highest BCUT2D eigenvalue weighted by atomic mass is 35.5. The number of aromatic nitrogens is 2. The second kappa shape index (κ2) is 6.49. The van der Waals surface area contributed by atoms with E-state index in [-0.39, 0.29) is 5.84 Å². The van der Waals surface area contributed by atoms with E-state index in [0.717, 1.165) is 5.69 Å². The number of ether oxygens (including phenoxy) is 1. The van der Waals surface area contributed by atoms with E-state index in [1.54, 1.807) is 18.2 Å². The number of hydrogen-bond acceptors (Lipinski definition) is 4. The van der Waals surface area contributed by atoms with Crippen molar-refractivity contribution in [2.24, 2.45) is 10.9 Å². The average Bonchev–Trinajstić information content (AvgIpc) is 2.93. The zero-order valence-corrected chi connectivity index (χ0v) is 12.6. The van der Waals surface area contributed by atoms with E-state index in [4.69, 9.17) is 27.3 Å². The van der Waals surface area contributed by atoms with E-state index >= 15 is 0 Å². The van der Waals surface area contributed by atoms with Crippen LogP contribution in [-0.2, 0) is 6.61 Å². The summed E-state index contributed by atoms with van der Waals surface area (Å²) in [6.45, 7) is 4.46. The van der Waals surface area contributed by atoms with Crippen LogP contribution >= 0.6 is 11.6 Å². The molecule has 0 amide bonds. The van der Waals surface area contributed by atoms with Gasteiger partial charge in [-0.25, -0.2) is 0 Å². The van der Waals surface area contributed by atoms with Gasteiger partial charge in [0.05, 0.1) is 10.7 Å². The van der Waals surface area contributed by atoms with Gasteiger partial charge in [-0.3, -0.25) is 4.68 Å². The lowest BCUT2D eigenvalue weighted by Gasteiger charge is -2.08. The minimum atomic E-state index is -0.0396. The van der Waals surface area contributed by atoms with Crippen LogP contribution in [0.4, 0.5) is 0 Å². The highest BCUT2D eigenvalue weighted by Gasteiger charge is 2.08. The van der Waals surface area contributed by atoms with Crippen molar-refractivity contribution < 1.29 is 9.94 Å². The van der Waals surface area contributed by atoms with Crippen LogP contribution in [0, 0.1) is 0 Å². The smallest absolute Gasteiger partial charge is 0.171 e. The SMILES string of the molecule is CC(C)n1ccc(COc2ccc(/C(N)=N/O)c(Cl)c2)n1. The van der Waals surface area contributed by atoms with Gasteiger partial charge in [-0.15, -0.1) is 0 Å². The summed E-state index contributed by atoms with van der Waals surface area (Å²) in [4.78, 5) is 0. The molecule has 1 heterocycles. The van der Waals surface area contributed by atoms with Gasteiger partial charge in [0.15, 0.2) is 5.84 Å². The van der Waals surface area contributed by atoms with E-state index in [1.165, 1.54) is 0 Å². The highest BCUT2D eigenvalue weighted by Crippen LogP contribution is 2.23. The second-order valence-corrected chi connectivity index (χ2v) is 5.20. The first-order valence-corrected chi connectivity index (χ1v) is 6.83. The number of nitrogens with two attached hydrogens (primary N) is 1. The van der Waals surface area contributed by atoms with Crippen molar-refractivity contribution in [3.05, 3.63) is 46.7 Å². The Morgan fingerprint density at radius 3 is 2.81 bits per heavy atom. The largest absolute Gasteiger partial charge is 0.487 e. The zero-order valence-electron chi connectivity index (χ0n) is 11.8. The maximum atomic E-state index is 8.64. The lowest BCUT2D eigenvalue weighted by Crippen LogP contribution is -2.13. The van der Waals surface area contributed by atoms with Gasteiger partial charge < -0.3 is 15.7 Å². The van der Waals surface area contributed by atoms with Gasteiger partial charge in [-0.05, 0) is 38.1 Å². The third-order valence-corrected chi connectivity index (χ3v) is 3.22. The van der Waals surface area contributed by atoms with E-state index < -0.39 is 0 Å².